The standard InChI is InChI=1S/C6H14P.CH4O4S/c1-7(2)5-3-4-6-7;1-5-6(2,3)4/h3-6H2,1-2H3;1H3,(H,2,3,4)/q+1;/p-1. The highest BCUT2D eigenvalue weighted by Crippen LogP contribution is 2.56. The van der Waals surface area contributed by atoms with E-state index >= 15 is 0 Å². The summed E-state index contributed by atoms with van der Waals surface area (Å²) < 4.78 is 31.0. The Labute approximate surface area is 81.0 Å². The van der Waals surface area contributed by atoms with Crippen LogP contribution in [-0.2, 0) is 14.6 Å². The highest BCUT2D eigenvalue weighted by molar-refractivity contribution is 7.80. The molecule has 0 aliphatic carbocycles. The molecule has 13 heavy (non-hydrogen) atoms. The van der Waals surface area contributed by atoms with Gasteiger partial charge in [-0.15, -0.1) is 0 Å². The molecule has 0 bridgehead atoms. The van der Waals surface area contributed by atoms with Crippen LogP contribution in [0.2, 0.25) is 0 Å². The molecule has 1 heterocycles. The number of hydrogen-bond acceptors (Lipinski definition) is 4. The monoisotopic (exact) mass is 228 g/mol. The molecule has 0 aromatic heterocycles. The molecule has 0 amide bonds. The maximum Gasteiger partial charge on any atom is 0.217 e. The van der Waals surface area contributed by atoms with Gasteiger partial charge in [-0.1, -0.05) is 0 Å². The highest BCUT2D eigenvalue weighted by Gasteiger charge is 2.28. The molecule has 1 aliphatic rings. The third-order valence-electron chi connectivity index (χ3n) is 1.98. The maximum absolute atomic E-state index is 9.22. The molecule has 1 aliphatic heterocycles. The molecular weight excluding hydrogens is 211 g/mol. The first-order chi connectivity index (χ1) is 5.77. The predicted molar refractivity (Wildman–Crippen MR) is 54.4 cm³/mol. The van der Waals surface area contributed by atoms with Crippen molar-refractivity contribution in [1.82, 2.24) is 0 Å². The van der Waals surface area contributed by atoms with Crippen LogP contribution in [0.3, 0.4) is 0 Å². The van der Waals surface area contributed by atoms with Crippen molar-refractivity contribution in [3.63, 3.8) is 0 Å². The Morgan fingerprint density at radius 2 is 1.54 bits per heavy atom. The maximum atomic E-state index is 9.22. The van der Waals surface area contributed by atoms with Crippen molar-refractivity contribution < 1.29 is 17.2 Å². The van der Waals surface area contributed by atoms with Crippen LogP contribution in [-0.4, -0.2) is 45.7 Å². The van der Waals surface area contributed by atoms with Gasteiger partial charge in [0.1, 0.15) is 0 Å². The lowest BCUT2D eigenvalue weighted by Gasteiger charge is -2.06. The molecule has 1 saturated heterocycles. The fourth-order valence-electron chi connectivity index (χ4n) is 1.19. The summed E-state index contributed by atoms with van der Waals surface area (Å²) in [5.74, 6) is 0. The first-order valence-corrected chi connectivity index (χ1v) is 8.49. The molecule has 0 aromatic carbocycles. The first kappa shape index (κ1) is 13.3. The third-order valence-corrected chi connectivity index (χ3v) is 5.44. The van der Waals surface area contributed by atoms with Crippen molar-refractivity contribution in [1.29, 1.82) is 0 Å². The molecule has 0 spiro atoms. The third kappa shape index (κ3) is 8.63. The van der Waals surface area contributed by atoms with Gasteiger partial charge in [-0.2, -0.15) is 0 Å². The first-order valence-electron chi connectivity index (χ1n) is 4.10. The lowest BCUT2D eigenvalue weighted by Crippen LogP contribution is -1.97. The minimum absolute atomic E-state index is 0.293. The molecular formula is C7H17O4PS. The van der Waals surface area contributed by atoms with Gasteiger partial charge < -0.3 is 4.55 Å². The Balaban J connectivity index is 0.000000226. The van der Waals surface area contributed by atoms with Gasteiger partial charge in [0.15, 0.2) is 0 Å². The lowest BCUT2D eigenvalue weighted by atomic mass is 10.4. The molecule has 0 N–H and O–H groups in total. The Bertz CT molecular complexity index is 227. The summed E-state index contributed by atoms with van der Waals surface area (Å²) >= 11 is 0. The number of rotatable bonds is 1. The number of hydrogen-bond donors (Lipinski definition) is 0. The fraction of sp³-hybridized carbons (Fsp3) is 1.00. The van der Waals surface area contributed by atoms with Gasteiger partial charge >= 0.3 is 0 Å². The molecule has 4 nitrogen and oxygen atoms in total. The van der Waals surface area contributed by atoms with Gasteiger partial charge in [-0.3, -0.25) is 4.18 Å². The Morgan fingerprint density at radius 3 is 1.62 bits per heavy atom. The van der Waals surface area contributed by atoms with Crippen LogP contribution in [0.25, 0.3) is 0 Å². The van der Waals surface area contributed by atoms with E-state index in [2.05, 4.69) is 17.5 Å². The second kappa shape index (κ2) is 5.25. The van der Waals surface area contributed by atoms with Gasteiger partial charge in [0.2, 0.25) is 10.4 Å². The predicted octanol–water partition coefficient (Wildman–Crippen LogP) is 1.15. The highest BCUT2D eigenvalue weighted by atomic mass is 32.3. The van der Waals surface area contributed by atoms with E-state index < -0.39 is 10.4 Å². The summed E-state index contributed by atoms with van der Waals surface area (Å²) in [6.45, 7) is 4.94. The van der Waals surface area contributed by atoms with E-state index in [0.717, 1.165) is 7.11 Å². The van der Waals surface area contributed by atoms with Crippen LogP contribution >= 0.6 is 7.26 Å². The molecule has 0 saturated carbocycles. The van der Waals surface area contributed by atoms with E-state index in [1.807, 2.05) is 0 Å². The minimum Gasteiger partial charge on any atom is -0.726 e. The van der Waals surface area contributed by atoms with Crippen LogP contribution in [0.4, 0.5) is 0 Å². The van der Waals surface area contributed by atoms with Crippen molar-refractivity contribution in [3.05, 3.63) is 0 Å². The van der Waals surface area contributed by atoms with E-state index in [-0.39, 0.29) is 7.26 Å². The summed E-state index contributed by atoms with van der Waals surface area (Å²) in [6, 6.07) is 0. The minimum atomic E-state index is -4.41. The van der Waals surface area contributed by atoms with Crippen LogP contribution in [0.15, 0.2) is 0 Å². The second-order valence-electron chi connectivity index (χ2n) is 3.66. The fourth-order valence-corrected chi connectivity index (χ4v) is 3.57. The van der Waals surface area contributed by atoms with Crippen molar-refractivity contribution in [3.8, 4) is 0 Å². The molecule has 0 radical (unpaired) electrons. The smallest absolute Gasteiger partial charge is 0.217 e. The molecule has 0 aromatic rings. The summed E-state index contributed by atoms with van der Waals surface area (Å²) in [6.07, 6.45) is 6.15. The SMILES string of the molecule is COS(=O)(=O)[O-].C[P+]1(C)CCCC1. The zero-order valence-electron chi connectivity index (χ0n) is 8.32. The van der Waals surface area contributed by atoms with E-state index in [1.165, 1.54) is 12.8 Å². The van der Waals surface area contributed by atoms with Crippen molar-refractivity contribution in [2.45, 2.75) is 12.8 Å². The molecule has 0 atom stereocenters. The normalized spacial score (nSPS) is 20.6. The Morgan fingerprint density at radius 1 is 1.23 bits per heavy atom. The molecule has 80 valence electrons. The largest absolute Gasteiger partial charge is 0.726 e. The van der Waals surface area contributed by atoms with E-state index in [1.54, 1.807) is 12.3 Å². The van der Waals surface area contributed by atoms with Crippen LogP contribution in [0, 0.1) is 0 Å². The summed E-state index contributed by atoms with van der Waals surface area (Å²) in [5, 5.41) is 0. The van der Waals surface area contributed by atoms with Crippen molar-refractivity contribution in [2.24, 2.45) is 0 Å². The van der Waals surface area contributed by atoms with Gasteiger partial charge in [-0.25, -0.2) is 8.42 Å². The van der Waals surface area contributed by atoms with Crippen molar-refractivity contribution in [2.75, 3.05) is 32.8 Å². The summed E-state index contributed by atoms with van der Waals surface area (Å²) in [7, 11) is -3.90. The van der Waals surface area contributed by atoms with Crippen LogP contribution in [0.1, 0.15) is 12.8 Å². The molecule has 6 heteroatoms. The Hall–Kier alpha value is 0.300. The van der Waals surface area contributed by atoms with E-state index in [4.69, 9.17) is 0 Å². The van der Waals surface area contributed by atoms with Crippen LogP contribution < -0.4 is 0 Å². The van der Waals surface area contributed by atoms with Crippen LogP contribution in [0.5, 0.6) is 0 Å². The van der Waals surface area contributed by atoms with E-state index in [9.17, 15) is 13.0 Å². The quantitative estimate of drug-likeness (QED) is 0.383. The van der Waals surface area contributed by atoms with Crippen molar-refractivity contribution >= 4 is 17.7 Å². The van der Waals surface area contributed by atoms with Gasteiger partial charge in [0.05, 0.1) is 19.4 Å². The zero-order valence-corrected chi connectivity index (χ0v) is 10.0. The lowest BCUT2D eigenvalue weighted by molar-refractivity contribution is 0.314. The van der Waals surface area contributed by atoms with Gasteiger partial charge in [0, 0.05) is 20.6 Å². The average molecular weight is 228 g/mol. The average Bonchev–Trinajstić information content (AvgIpc) is 2.34. The molecule has 1 rings (SSSR count). The zero-order chi connectivity index (χ0) is 10.5. The van der Waals surface area contributed by atoms with Gasteiger partial charge in [-0.05, 0) is 12.8 Å². The summed E-state index contributed by atoms with van der Waals surface area (Å²) in [5.41, 5.74) is 0. The topological polar surface area (TPSA) is 66.4 Å². The molecule has 1 fully saturated rings. The van der Waals surface area contributed by atoms with Gasteiger partial charge in [0.25, 0.3) is 0 Å². The Kier molecular flexibility index (Phi) is 5.37. The summed E-state index contributed by atoms with van der Waals surface area (Å²) in [4.78, 5) is 0. The second-order valence-corrected chi connectivity index (χ2v) is 9.58. The van der Waals surface area contributed by atoms with E-state index in [0.29, 0.717) is 0 Å². The molecule has 0 unspecified atom stereocenters.